The molecule has 1 rings (SSSR count). The predicted molar refractivity (Wildman–Crippen MR) is 38.7 cm³/mol. The number of hydrogen-bond donors (Lipinski definition) is 2. The zero-order valence-electron chi connectivity index (χ0n) is 5.83. The van der Waals surface area contributed by atoms with Gasteiger partial charge >= 0.3 is 12.1 Å². The van der Waals surface area contributed by atoms with Crippen molar-refractivity contribution in [2.75, 3.05) is 6.54 Å². The molecule has 5 heteroatoms. The molecule has 1 heterocycles. The highest BCUT2D eigenvalue weighted by atomic mass is 16.1. The summed E-state index contributed by atoms with van der Waals surface area (Å²) in [6.45, 7) is 0.888. The lowest BCUT2D eigenvalue weighted by Gasteiger charge is -1.97. The molecule has 0 bridgehead atoms. The Morgan fingerprint density at radius 2 is 2.55 bits per heavy atom. The molecule has 59 valence electrons. The van der Waals surface area contributed by atoms with E-state index >= 15 is 0 Å². The normalized spacial score (nSPS) is 9.45. The lowest BCUT2D eigenvalue weighted by Crippen LogP contribution is -2.24. The van der Waals surface area contributed by atoms with Crippen LogP contribution in [0.2, 0.25) is 0 Å². The van der Waals surface area contributed by atoms with Crippen LogP contribution >= 0.6 is 0 Å². The summed E-state index contributed by atoms with van der Waals surface area (Å²) in [4.78, 5) is 23.0. The Morgan fingerprint density at radius 3 is 3.09 bits per heavy atom. The second-order valence-corrected chi connectivity index (χ2v) is 1.99. The summed E-state index contributed by atoms with van der Waals surface area (Å²) in [5.41, 5.74) is -0.169. The van der Waals surface area contributed by atoms with Gasteiger partial charge in [0.15, 0.2) is 0 Å². The summed E-state index contributed by atoms with van der Waals surface area (Å²) in [7, 11) is 0. The molecule has 1 aromatic heterocycles. The van der Waals surface area contributed by atoms with Crippen molar-refractivity contribution in [3.8, 4) is 0 Å². The Morgan fingerprint density at radius 1 is 1.73 bits per heavy atom. The maximum atomic E-state index is 10.8. The first kappa shape index (κ1) is 7.59. The van der Waals surface area contributed by atoms with Crippen molar-refractivity contribution < 1.29 is 4.79 Å². The van der Waals surface area contributed by atoms with E-state index in [1.807, 2.05) is 0 Å². The van der Waals surface area contributed by atoms with Crippen molar-refractivity contribution in [2.24, 2.45) is 0 Å². The van der Waals surface area contributed by atoms with Crippen LogP contribution in [0.1, 0.15) is 0 Å². The van der Waals surface area contributed by atoms with Crippen molar-refractivity contribution in [3.63, 3.8) is 0 Å². The Kier molecular flexibility index (Phi) is 2.48. The van der Waals surface area contributed by atoms with Gasteiger partial charge < -0.3 is 10.3 Å². The number of carbonyl (C=O) groups excluding carboxylic acids is 1. The van der Waals surface area contributed by atoms with E-state index in [0.717, 1.165) is 0 Å². The molecular weight excluding hydrogens is 146 g/mol. The fourth-order valence-corrected chi connectivity index (χ4v) is 0.753. The summed E-state index contributed by atoms with van der Waals surface area (Å²) in [6, 6.07) is 0. The second kappa shape index (κ2) is 3.60. The number of imidazole rings is 1. The number of rotatable bonds is 4. The van der Waals surface area contributed by atoms with Crippen LogP contribution < -0.4 is 11.0 Å². The highest BCUT2D eigenvalue weighted by Crippen LogP contribution is 1.75. The molecule has 0 saturated heterocycles. The van der Waals surface area contributed by atoms with Gasteiger partial charge in [0.2, 0.25) is 0 Å². The number of nitrogens with one attached hydrogen (secondary N) is 2. The van der Waals surface area contributed by atoms with Crippen molar-refractivity contribution in [1.82, 2.24) is 14.9 Å². The highest BCUT2D eigenvalue weighted by molar-refractivity contribution is 5.46. The standard InChI is InChI=1S/C6H8N3O2/c10-5-7-1-3-9-4-2-8-6(9)11/h2,4H,1,3H2,(H,7,10)(H,8,11). The van der Waals surface area contributed by atoms with Gasteiger partial charge in [0.1, 0.15) is 0 Å². The maximum absolute atomic E-state index is 10.8. The Balaban J connectivity index is 2.44. The molecule has 0 fully saturated rings. The van der Waals surface area contributed by atoms with Crippen molar-refractivity contribution in [3.05, 3.63) is 22.9 Å². The van der Waals surface area contributed by atoms with Gasteiger partial charge in [-0.25, -0.2) is 4.79 Å². The lowest BCUT2D eigenvalue weighted by atomic mass is 10.6. The van der Waals surface area contributed by atoms with Crippen LogP contribution in [0.15, 0.2) is 17.2 Å². The number of aromatic nitrogens is 2. The van der Waals surface area contributed by atoms with Crippen LogP contribution in [0.5, 0.6) is 0 Å². The van der Waals surface area contributed by atoms with Crippen LogP contribution in [-0.4, -0.2) is 22.5 Å². The molecular formula is C6H8N3O2. The molecule has 0 aliphatic heterocycles. The Hall–Kier alpha value is -1.52. The molecule has 1 radical (unpaired) electrons. The van der Waals surface area contributed by atoms with Gasteiger partial charge in [-0.05, 0) is 0 Å². The monoisotopic (exact) mass is 154 g/mol. The molecule has 0 atom stereocenters. The van der Waals surface area contributed by atoms with E-state index in [2.05, 4.69) is 10.3 Å². The van der Waals surface area contributed by atoms with Crippen LogP contribution in [0.4, 0.5) is 0 Å². The fraction of sp³-hybridized carbons (Fsp3) is 0.333. The summed E-state index contributed by atoms with van der Waals surface area (Å²) in [5.74, 6) is 0. The van der Waals surface area contributed by atoms with Gasteiger partial charge in [-0.15, -0.1) is 0 Å². The Bertz CT molecular complexity index is 275. The summed E-state index contributed by atoms with van der Waals surface area (Å²) >= 11 is 0. The Labute approximate surface area is 63.0 Å². The van der Waals surface area contributed by atoms with Crippen LogP contribution in [0, 0.1) is 0 Å². The molecule has 2 N–H and O–H groups in total. The first-order valence-corrected chi connectivity index (χ1v) is 3.18. The van der Waals surface area contributed by atoms with Gasteiger partial charge in [-0.3, -0.25) is 9.36 Å². The van der Waals surface area contributed by atoms with E-state index in [1.165, 1.54) is 11.0 Å². The minimum absolute atomic E-state index is 0.169. The van der Waals surface area contributed by atoms with Gasteiger partial charge in [0.25, 0.3) is 0 Å². The number of aromatic amines is 1. The van der Waals surface area contributed by atoms with Crippen molar-refractivity contribution in [1.29, 1.82) is 0 Å². The van der Waals surface area contributed by atoms with Crippen molar-refractivity contribution in [2.45, 2.75) is 6.54 Å². The fourth-order valence-electron chi connectivity index (χ4n) is 0.753. The quantitative estimate of drug-likeness (QED) is 0.424. The molecule has 0 spiro atoms. The average molecular weight is 154 g/mol. The van der Waals surface area contributed by atoms with E-state index in [-0.39, 0.29) is 5.69 Å². The summed E-state index contributed by atoms with van der Waals surface area (Å²) in [5, 5.41) is 2.33. The number of H-pyrrole nitrogens is 1. The zero-order valence-corrected chi connectivity index (χ0v) is 5.83. The summed E-state index contributed by atoms with van der Waals surface area (Å²) < 4.78 is 1.46. The maximum Gasteiger partial charge on any atom is 0.325 e. The zero-order chi connectivity index (χ0) is 8.10. The van der Waals surface area contributed by atoms with Gasteiger partial charge in [0.05, 0.1) is 0 Å². The average Bonchev–Trinajstić information content (AvgIpc) is 2.37. The highest BCUT2D eigenvalue weighted by Gasteiger charge is 1.92. The first-order chi connectivity index (χ1) is 5.34. The van der Waals surface area contributed by atoms with E-state index in [0.29, 0.717) is 13.1 Å². The number of amides is 1. The van der Waals surface area contributed by atoms with Gasteiger partial charge in [-0.2, -0.15) is 0 Å². The number of hydrogen-bond acceptors (Lipinski definition) is 2. The molecule has 0 aliphatic carbocycles. The first-order valence-electron chi connectivity index (χ1n) is 3.18. The van der Waals surface area contributed by atoms with Crippen molar-refractivity contribution >= 4 is 6.41 Å². The predicted octanol–water partition coefficient (Wildman–Crippen LogP) is -1.17. The smallest absolute Gasteiger partial charge is 0.325 e. The van der Waals surface area contributed by atoms with Crippen LogP contribution in [0.3, 0.4) is 0 Å². The molecule has 5 nitrogen and oxygen atoms in total. The lowest BCUT2D eigenvalue weighted by molar-refractivity contribution is 0.535. The van der Waals surface area contributed by atoms with Gasteiger partial charge in [-0.1, -0.05) is 0 Å². The minimum Gasteiger partial charge on any atom is -0.346 e. The largest absolute Gasteiger partial charge is 0.346 e. The molecule has 0 saturated carbocycles. The molecule has 1 amide bonds. The second-order valence-electron chi connectivity index (χ2n) is 1.99. The SMILES string of the molecule is O=[C]NCCn1cc[nH]c1=O. The van der Waals surface area contributed by atoms with Gasteiger partial charge in [0, 0.05) is 25.5 Å². The number of nitrogens with zero attached hydrogens (tertiary/aromatic N) is 1. The minimum atomic E-state index is -0.169. The third kappa shape index (κ3) is 1.96. The third-order valence-corrected chi connectivity index (χ3v) is 1.27. The van der Waals surface area contributed by atoms with E-state index < -0.39 is 0 Å². The molecule has 0 aliphatic rings. The van der Waals surface area contributed by atoms with E-state index in [9.17, 15) is 9.59 Å². The molecule has 0 aromatic carbocycles. The van der Waals surface area contributed by atoms with E-state index in [1.54, 1.807) is 12.4 Å². The van der Waals surface area contributed by atoms with Crippen LogP contribution in [0.25, 0.3) is 0 Å². The molecule has 0 unspecified atom stereocenters. The topological polar surface area (TPSA) is 66.9 Å². The summed E-state index contributed by atoms with van der Waals surface area (Å²) in [6.07, 6.45) is 4.69. The van der Waals surface area contributed by atoms with E-state index in [4.69, 9.17) is 0 Å². The van der Waals surface area contributed by atoms with Crippen LogP contribution in [-0.2, 0) is 11.3 Å². The molecule has 1 aromatic rings. The third-order valence-electron chi connectivity index (χ3n) is 1.27. The molecule has 11 heavy (non-hydrogen) atoms.